The number of halogens is 2. The van der Waals surface area contributed by atoms with Crippen molar-refractivity contribution < 1.29 is 4.39 Å². The topological polar surface area (TPSA) is 12.4 Å². The Bertz CT molecular complexity index is 277. The molecular formula is C7H5ClFNS. The molecular weight excluding hydrogens is 185 g/mol. The fraction of sp³-hybridized carbons (Fsp3) is 0.143. The van der Waals surface area contributed by atoms with Gasteiger partial charge in [-0.2, -0.15) is 4.36 Å². The lowest BCUT2D eigenvalue weighted by molar-refractivity contribution is 0.619. The highest BCUT2D eigenvalue weighted by Crippen LogP contribution is 2.24. The zero-order valence-electron chi connectivity index (χ0n) is 5.77. The molecule has 0 aliphatic carbocycles. The van der Waals surface area contributed by atoms with Crippen molar-refractivity contribution in [3.8, 4) is 0 Å². The summed E-state index contributed by atoms with van der Waals surface area (Å²) in [4.78, 5) is 0. The first-order valence-corrected chi connectivity index (χ1v) is 3.68. The molecule has 0 atom stereocenters. The molecule has 0 spiro atoms. The second-order valence-electron chi connectivity index (χ2n) is 2.13. The molecule has 1 nitrogen and oxygen atoms in total. The largest absolute Gasteiger partial charge is 0.207 e. The van der Waals surface area contributed by atoms with E-state index in [0.29, 0.717) is 16.3 Å². The van der Waals surface area contributed by atoms with Crippen LogP contribution in [0.4, 0.5) is 10.1 Å². The molecule has 0 unspecified atom stereocenters. The van der Waals surface area contributed by atoms with Gasteiger partial charge in [0.05, 0.1) is 5.69 Å². The number of nitrogens with zero attached hydrogens (tertiary/aromatic N) is 1. The van der Waals surface area contributed by atoms with E-state index in [1.54, 1.807) is 6.92 Å². The summed E-state index contributed by atoms with van der Waals surface area (Å²) in [6, 6.07) is 2.79. The zero-order chi connectivity index (χ0) is 8.43. The molecule has 1 aromatic carbocycles. The quantitative estimate of drug-likeness (QED) is 0.661. The van der Waals surface area contributed by atoms with Gasteiger partial charge in [0.1, 0.15) is 5.82 Å². The molecule has 0 saturated carbocycles. The van der Waals surface area contributed by atoms with Crippen LogP contribution in [0.1, 0.15) is 5.56 Å². The normalized spacial score (nSPS) is 9.73. The third-order valence-corrected chi connectivity index (χ3v) is 1.97. The Kier molecular flexibility index (Phi) is 2.52. The second-order valence-corrected chi connectivity index (χ2v) is 2.72. The lowest BCUT2D eigenvalue weighted by atomic mass is 10.2. The second kappa shape index (κ2) is 3.24. The first kappa shape index (κ1) is 8.56. The standard InChI is InChI=1S/C7H5ClFNS/c1-4-6(8)2-5(10-11)3-7(4)9/h2-3H,1H3. The van der Waals surface area contributed by atoms with Gasteiger partial charge in [-0.05, 0) is 13.0 Å². The molecule has 1 aromatic rings. The van der Waals surface area contributed by atoms with Gasteiger partial charge in [-0.25, -0.2) is 4.39 Å². The van der Waals surface area contributed by atoms with Crippen LogP contribution in [0.5, 0.6) is 0 Å². The van der Waals surface area contributed by atoms with Crippen LogP contribution in [-0.4, -0.2) is 0 Å². The molecule has 0 amide bonds. The number of hydrogen-bond donors (Lipinski definition) is 0. The van der Waals surface area contributed by atoms with E-state index in [1.165, 1.54) is 12.1 Å². The van der Waals surface area contributed by atoms with Crippen molar-refractivity contribution >= 4 is 29.7 Å². The van der Waals surface area contributed by atoms with E-state index in [0.717, 1.165) is 0 Å². The fourth-order valence-electron chi connectivity index (χ4n) is 0.685. The summed E-state index contributed by atoms with van der Waals surface area (Å²) in [7, 11) is 0. The molecule has 4 heteroatoms. The van der Waals surface area contributed by atoms with Crippen molar-refractivity contribution in [3.63, 3.8) is 0 Å². The van der Waals surface area contributed by atoms with E-state index in [1.807, 2.05) is 0 Å². The molecule has 0 aromatic heterocycles. The van der Waals surface area contributed by atoms with Crippen LogP contribution < -0.4 is 0 Å². The molecule has 0 heterocycles. The predicted molar refractivity (Wildman–Crippen MR) is 45.6 cm³/mol. The van der Waals surface area contributed by atoms with Crippen molar-refractivity contribution in [3.05, 3.63) is 28.5 Å². The van der Waals surface area contributed by atoms with Gasteiger partial charge in [0, 0.05) is 29.1 Å². The van der Waals surface area contributed by atoms with E-state index in [2.05, 4.69) is 16.8 Å². The monoisotopic (exact) mass is 189 g/mol. The minimum atomic E-state index is -0.374. The molecule has 0 fully saturated rings. The maximum absolute atomic E-state index is 12.8. The Labute approximate surface area is 74.4 Å². The number of benzene rings is 1. The number of hydrogen-bond acceptors (Lipinski definition) is 2. The smallest absolute Gasteiger partial charge is 0.129 e. The van der Waals surface area contributed by atoms with Gasteiger partial charge in [-0.3, -0.25) is 0 Å². The molecule has 0 saturated heterocycles. The van der Waals surface area contributed by atoms with Crippen LogP contribution >= 0.6 is 11.6 Å². The molecule has 11 heavy (non-hydrogen) atoms. The van der Waals surface area contributed by atoms with E-state index < -0.39 is 0 Å². The summed E-state index contributed by atoms with van der Waals surface area (Å²) in [6.45, 7) is 1.60. The SMILES string of the molecule is Cc1c(F)cc(N=S)cc1Cl. The Morgan fingerprint density at radius 3 is 2.64 bits per heavy atom. The van der Waals surface area contributed by atoms with E-state index in [9.17, 15) is 4.39 Å². The van der Waals surface area contributed by atoms with Crippen molar-refractivity contribution in [2.45, 2.75) is 6.92 Å². The summed E-state index contributed by atoms with van der Waals surface area (Å²) in [5.41, 5.74) is 0.808. The minimum Gasteiger partial charge on any atom is -0.207 e. The molecule has 0 N–H and O–H groups in total. The maximum atomic E-state index is 12.8. The van der Waals surface area contributed by atoms with Gasteiger partial charge in [0.15, 0.2) is 0 Å². The lowest BCUT2D eigenvalue weighted by Gasteiger charge is -1.99. The summed E-state index contributed by atoms with van der Waals surface area (Å²) in [5.74, 6) is -0.374. The van der Waals surface area contributed by atoms with Crippen molar-refractivity contribution in [2.24, 2.45) is 4.36 Å². The Morgan fingerprint density at radius 2 is 2.18 bits per heavy atom. The molecule has 0 bridgehead atoms. The average molecular weight is 190 g/mol. The first-order valence-electron chi connectivity index (χ1n) is 2.94. The highest BCUT2D eigenvalue weighted by Gasteiger charge is 2.03. The van der Waals surface area contributed by atoms with Gasteiger partial charge >= 0.3 is 0 Å². The maximum Gasteiger partial charge on any atom is 0.129 e. The molecule has 1 rings (SSSR count). The van der Waals surface area contributed by atoms with Crippen LogP contribution in [0.2, 0.25) is 5.02 Å². The zero-order valence-corrected chi connectivity index (χ0v) is 7.34. The van der Waals surface area contributed by atoms with Gasteiger partial charge in [0.2, 0.25) is 0 Å². The van der Waals surface area contributed by atoms with Crippen LogP contribution in [-0.2, 0) is 12.4 Å². The highest BCUT2D eigenvalue weighted by molar-refractivity contribution is 7.47. The summed E-state index contributed by atoms with van der Waals surface area (Å²) in [6.07, 6.45) is 0. The van der Waals surface area contributed by atoms with Crippen LogP contribution in [0.15, 0.2) is 16.5 Å². The Balaban J connectivity index is 3.31. The van der Waals surface area contributed by atoms with Crippen LogP contribution in [0.3, 0.4) is 0 Å². The third-order valence-electron chi connectivity index (χ3n) is 1.37. The number of rotatable bonds is 1. The molecule has 0 radical (unpaired) electrons. The fourth-order valence-corrected chi connectivity index (χ4v) is 0.992. The highest BCUT2D eigenvalue weighted by atomic mass is 35.5. The van der Waals surface area contributed by atoms with Crippen molar-refractivity contribution in [2.75, 3.05) is 0 Å². The summed E-state index contributed by atoms with van der Waals surface area (Å²) < 4.78 is 16.2. The molecule has 0 aliphatic heterocycles. The van der Waals surface area contributed by atoms with Crippen LogP contribution in [0.25, 0.3) is 0 Å². The van der Waals surface area contributed by atoms with Gasteiger partial charge in [-0.15, -0.1) is 0 Å². The minimum absolute atomic E-state index is 0.355. The molecule has 0 aliphatic rings. The Morgan fingerprint density at radius 1 is 1.55 bits per heavy atom. The Hall–Kier alpha value is -0.540. The molecule has 58 valence electrons. The van der Waals surface area contributed by atoms with E-state index >= 15 is 0 Å². The van der Waals surface area contributed by atoms with Crippen molar-refractivity contribution in [1.29, 1.82) is 0 Å². The van der Waals surface area contributed by atoms with E-state index in [4.69, 9.17) is 11.6 Å². The van der Waals surface area contributed by atoms with Gasteiger partial charge in [0.25, 0.3) is 0 Å². The first-order chi connectivity index (χ1) is 5.15. The van der Waals surface area contributed by atoms with Crippen LogP contribution in [0, 0.1) is 12.7 Å². The average Bonchev–Trinajstić information content (AvgIpc) is 1.99. The van der Waals surface area contributed by atoms with Crippen molar-refractivity contribution in [1.82, 2.24) is 0 Å². The summed E-state index contributed by atoms with van der Waals surface area (Å²) >= 11 is 10.0. The lowest BCUT2D eigenvalue weighted by Crippen LogP contribution is -1.81. The summed E-state index contributed by atoms with van der Waals surface area (Å²) in [5, 5.41) is 0.355. The third kappa shape index (κ3) is 1.73. The van der Waals surface area contributed by atoms with Gasteiger partial charge < -0.3 is 0 Å². The predicted octanol–water partition coefficient (Wildman–Crippen LogP) is 3.15. The van der Waals surface area contributed by atoms with Gasteiger partial charge in [-0.1, -0.05) is 11.6 Å². The van der Waals surface area contributed by atoms with E-state index in [-0.39, 0.29) is 5.82 Å².